The maximum atomic E-state index is 10.6. The summed E-state index contributed by atoms with van der Waals surface area (Å²) in [6, 6.07) is 0. The minimum absolute atomic E-state index is 0. The fraction of sp³-hybridized carbons (Fsp3) is 0.818. The van der Waals surface area contributed by atoms with Gasteiger partial charge in [-0.05, 0) is 0 Å². The van der Waals surface area contributed by atoms with Crippen LogP contribution in [-0.2, 0) is 14.3 Å². The molecule has 0 aliphatic carbocycles. The van der Waals surface area contributed by atoms with E-state index >= 15 is 0 Å². The van der Waals surface area contributed by atoms with Crippen molar-refractivity contribution in [2.75, 3.05) is 13.2 Å². The van der Waals surface area contributed by atoms with Crippen molar-refractivity contribution in [2.24, 2.45) is 0 Å². The maximum absolute atomic E-state index is 10.6. The van der Waals surface area contributed by atoms with Gasteiger partial charge in [0, 0.05) is 14.8 Å². The first-order valence-corrected chi connectivity index (χ1v) is 5.57. The Kier molecular flexibility index (Phi) is 24.3. The zero-order valence-corrected chi connectivity index (χ0v) is 10.8. The molecule has 0 spiro atoms. The minimum atomic E-state index is -0.323. The molecule has 0 radical (unpaired) electrons. The lowest BCUT2D eigenvalue weighted by molar-refractivity contribution is -0.141. The van der Waals surface area contributed by atoms with Gasteiger partial charge in [-0.3, -0.25) is 9.59 Å². The Morgan fingerprint density at radius 2 is 1.67 bits per heavy atom. The van der Waals surface area contributed by atoms with Crippen molar-refractivity contribution in [1.82, 2.24) is 5.32 Å². The summed E-state index contributed by atoms with van der Waals surface area (Å²) in [6.07, 6.45) is 0.458. The molecule has 94 valence electrons. The zero-order chi connectivity index (χ0) is 12.7. The van der Waals surface area contributed by atoms with E-state index in [0.29, 0.717) is 13.0 Å². The summed E-state index contributed by atoms with van der Waals surface area (Å²) in [5.41, 5.74) is 0. The predicted octanol–water partition coefficient (Wildman–Crippen LogP) is 2.37. The van der Waals surface area contributed by atoms with Crippen LogP contribution >= 0.6 is 0 Å². The highest BCUT2D eigenvalue weighted by molar-refractivity contribution is 5.75. The molecule has 0 aliphatic heterocycles. The molecule has 0 atom stereocenters. The number of rotatable bonds is 4. The summed E-state index contributed by atoms with van der Waals surface area (Å²) >= 11 is 0. The highest BCUT2D eigenvalue weighted by Crippen LogP contribution is 1.76. The Morgan fingerprint density at radius 3 is 2.00 bits per heavy atom. The van der Waals surface area contributed by atoms with Crippen molar-refractivity contribution < 1.29 is 15.8 Å². The number of carbonyl (C=O) groups excluding carboxylic acids is 2. The highest BCUT2D eigenvalue weighted by atomic mass is 16.5. The molecule has 0 aliphatic rings. The second kappa shape index (κ2) is 18.7. The molecule has 0 rings (SSSR count). The van der Waals surface area contributed by atoms with Crippen LogP contribution in [-0.4, -0.2) is 25.0 Å². The van der Waals surface area contributed by atoms with E-state index in [0.717, 1.165) is 0 Å². The van der Waals surface area contributed by atoms with Crippen LogP contribution in [0.4, 0.5) is 0 Å². The third-order valence-electron chi connectivity index (χ3n) is 1.05. The number of carbonyl (C=O) groups is 2. The third kappa shape index (κ3) is 24.6. The monoisotopic (exact) mass is 221 g/mol. The van der Waals surface area contributed by atoms with Crippen molar-refractivity contribution >= 4 is 11.9 Å². The Bertz CT molecular complexity index is 152. The standard InChI is InChI=1S/C7H13NO3.2C2H6.H2/c1-3-7(10)8-4-5-11-6(2)9;2*1-2;/h3-5H2,1-2H3,(H,8,10);2*1-2H3;1H. The quantitative estimate of drug-likeness (QED) is 0.585. The molecule has 1 amide bonds. The van der Waals surface area contributed by atoms with Crippen molar-refractivity contribution in [1.29, 1.82) is 0 Å². The van der Waals surface area contributed by atoms with E-state index in [1.807, 2.05) is 27.7 Å². The topological polar surface area (TPSA) is 55.4 Å². The van der Waals surface area contributed by atoms with Crippen molar-refractivity contribution in [3.8, 4) is 0 Å². The van der Waals surface area contributed by atoms with Crippen LogP contribution in [0.1, 0.15) is 49.4 Å². The summed E-state index contributed by atoms with van der Waals surface area (Å²) in [7, 11) is 0. The van der Waals surface area contributed by atoms with Crippen LogP contribution in [0.3, 0.4) is 0 Å². The Balaban J connectivity index is -0.000000129. The lowest BCUT2D eigenvalue weighted by atomic mass is 10.4. The fourth-order valence-corrected chi connectivity index (χ4v) is 0.510. The van der Waals surface area contributed by atoms with E-state index in [1.165, 1.54) is 6.92 Å². The van der Waals surface area contributed by atoms with Gasteiger partial charge in [0.25, 0.3) is 0 Å². The number of hydrogen-bond donors (Lipinski definition) is 1. The Labute approximate surface area is 94.9 Å². The number of esters is 1. The summed E-state index contributed by atoms with van der Waals surface area (Å²) in [6.45, 7) is 11.7. The highest BCUT2D eigenvalue weighted by Gasteiger charge is 1.95. The van der Waals surface area contributed by atoms with Crippen molar-refractivity contribution in [3.63, 3.8) is 0 Å². The average molecular weight is 221 g/mol. The van der Waals surface area contributed by atoms with E-state index in [4.69, 9.17) is 0 Å². The molecule has 0 aromatic heterocycles. The van der Waals surface area contributed by atoms with Crippen LogP contribution in [0.5, 0.6) is 0 Å². The average Bonchev–Trinajstić information content (AvgIpc) is 2.29. The number of amides is 1. The van der Waals surface area contributed by atoms with Crippen LogP contribution < -0.4 is 5.32 Å². The largest absolute Gasteiger partial charge is 0.464 e. The van der Waals surface area contributed by atoms with Crippen LogP contribution in [0.2, 0.25) is 0 Å². The normalized spacial score (nSPS) is 7.33. The molecule has 0 bridgehead atoms. The molecule has 0 heterocycles. The third-order valence-corrected chi connectivity index (χ3v) is 1.05. The van der Waals surface area contributed by atoms with E-state index in [1.54, 1.807) is 6.92 Å². The van der Waals surface area contributed by atoms with Crippen molar-refractivity contribution in [2.45, 2.75) is 48.0 Å². The van der Waals surface area contributed by atoms with Gasteiger partial charge in [0.2, 0.25) is 5.91 Å². The number of hydrogen-bond acceptors (Lipinski definition) is 3. The van der Waals surface area contributed by atoms with E-state index in [2.05, 4.69) is 10.1 Å². The minimum Gasteiger partial charge on any atom is -0.464 e. The van der Waals surface area contributed by atoms with E-state index in [-0.39, 0.29) is 19.9 Å². The zero-order valence-electron chi connectivity index (χ0n) is 10.8. The second-order valence-corrected chi connectivity index (χ2v) is 2.04. The molecule has 15 heavy (non-hydrogen) atoms. The van der Waals surface area contributed by atoms with Gasteiger partial charge in [0.05, 0.1) is 6.54 Å². The molecule has 0 aromatic carbocycles. The van der Waals surface area contributed by atoms with Gasteiger partial charge >= 0.3 is 5.97 Å². The Hall–Kier alpha value is -1.06. The van der Waals surface area contributed by atoms with Crippen LogP contribution in [0.25, 0.3) is 0 Å². The van der Waals surface area contributed by atoms with Gasteiger partial charge in [0.15, 0.2) is 0 Å². The first kappa shape index (κ1) is 19.5. The number of ether oxygens (including phenoxy) is 1. The molecule has 0 saturated heterocycles. The molecular weight excluding hydrogens is 194 g/mol. The van der Waals surface area contributed by atoms with E-state index < -0.39 is 0 Å². The maximum Gasteiger partial charge on any atom is 0.302 e. The lowest BCUT2D eigenvalue weighted by Gasteiger charge is -2.02. The summed E-state index contributed by atoms with van der Waals surface area (Å²) in [5.74, 6) is -0.354. The molecule has 0 aromatic rings. The van der Waals surface area contributed by atoms with Gasteiger partial charge in [-0.2, -0.15) is 0 Å². The first-order chi connectivity index (χ1) is 7.16. The molecule has 1 N–H and O–H groups in total. The fourth-order valence-electron chi connectivity index (χ4n) is 0.510. The van der Waals surface area contributed by atoms with Gasteiger partial charge in [-0.1, -0.05) is 34.6 Å². The Morgan fingerprint density at radius 1 is 1.20 bits per heavy atom. The smallest absolute Gasteiger partial charge is 0.302 e. The molecule has 0 fully saturated rings. The van der Waals surface area contributed by atoms with E-state index in [9.17, 15) is 9.59 Å². The predicted molar refractivity (Wildman–Crippen MR) is 64.7 cm³/mol. The SMILES string of the molecule is CC.CC.CCC(=O)NCCOC(C)=O.[HH]. The number of nitrogens with one attached hydrogen (secondary N) is 1. The second-order valence-electron chi connectivity index (χ2n) is 2.04. The first-order valence-electron chi connectivity index (χ1n) is 5.57. The van der Waals surface area contributed by atoms with Crippen LogP contribution in [0, 0.1) is 0 Å². The molecule has 0 unspecified atom stereocenters. The lowest BCUT2D eigenvalue weighted by Crippen LogP contribution is -2.26. The molecular formula is C11H27NO3. The summed E-state index contributed by atoms with van der Waals surface area (Å²) in [4.78, 5) is 20.8. The molecule has 4 heteroatoms. The van der Waals surface area contributed by atoms with Gasteiger partial charge in [-0.25, -0.2) is 0 Å². The van der Waals surface area contributed by atoms with Gasteiger partial charge < -0.3 is 10.1 Å². The summed E-state index contributed by atoms with van der Waals surface area (Å²) in [5, 5.41) is 2.57. The van der Waals surface area contributed by atoms with Gasteiger partial charge in [0.1, 0.15) is 6.61 Å². The van der Waals surface area contributed by atoms with Crippen LogP contribution in [0.15, 0.2) is 0 Å². The molecule has 0 saturated carbocycles. The summed E-state index contributed by atoms with van der Waals surface area (Å²) < 4.78 is 4.58. The van der Waals surface area contributed by atoms with Gasteiger partial charge in [-0.15, -0.1) is 0 Å². The van der Waals surface area contributed by atoms with Crippen molar-refractivity contribution in [3.05, 3.63) is 0 Å². The molecule has 4 nitrogen and oxygen atoms in total.